The highest BCUT2D eigenvalue weighted by Gasteiger charge is 2.12. The number of rotatable bonds is 2. The highest BCUT2D eigenvalue weighted by molar-refractivity contribution is 6.35. The average molecular weight is 321 g/mol. The van der Waals surface area contributed by atoms with Gasteiger partial charge in [0.15, 0.2) is 0 Å². The van der Waals surface area contributed by atoms with Crippen LogP contribution in [0.3, 0.4) is 0 Å². The van der Waals surface area contributed by atoms with Crippen molar-refractivity contribution in [2.24, 2.45) is 0 Å². The van der Waals surface area contributed by atoms with Crippen LogP contribution in [0.15, 0.2) is 65.1 Å². The lowest BCUT2D eigenvalue weighted by atomic mass is 9.98. The molecule has 23 heavy (non-hydrogen) atoms. The van der Waals surface area contributed by atoms with Gasteiger partial charge in [-0.15, -0.1) is 0 Å². The normalized spacial score (nSPS) is 11.7. The van der Waals surface area contributed by atoms with Crippen molar-refractivity contribution in [2.75, 3.05) is 0 Å². The van der Waals surface area contributed by atoms with E-state index in [-0.39, 0.29) is 0 Å². The first-order valence-corrected chi connectivity index (χ1v) is 8.22. The Morgan fingerprint density at radius 2 is 1.70 bits per heavy atom. The highest BCUT2D eigenvalue weighted by Crippen LogP contribution is 2.35. The maximum atomic E-state index is 6.36. The van der Waals surface area contributed by atoms with Gasteiger partial charge in [-0.3, -0.25) is 0 Å². The van der Waals surface area contributed by atoms with Crippen molar-refractivity contribution < 1.29 is 4.42 Å². The summed E-state index contributed by atoms with van der Waals surface area (Å²) >= 11 is 6.36. The zero-order valence-corrected chi connectivity index (χ0v) is 13.9. The minimum absolute atomic E-state index is 0.376. The monoisotopic (exact) mass is 320 g/mol. The molecule has 0 saturated carbocycles. The van der Waals surface area contributed by atoms with E-state index >= 15 is 0 Å². The molecule has 4 rings (SSSR count). The standard InChI is InChI=1S/C21H17ClO/c1-13(2)21-12-18-16(6-4-8-20(18)23-21)15-10-9-14-5-3-7-19(22)17(14)11-15/h3-13H,1-2H3. The van der Waals surface area contributed by atoms with Crippen molar-refractivity contribution in [2.45, 2.75) is 19.8 Å². The molecule has 1 aromatic heterocycles. The van der Waals surface area contributed by atoms with Gasteiger partial charge in [0.25, 0.3) is 0 Å². The van der Waals surface area contributed by atoms with E-state index in [4.69, 9.17) is 16.0 Å². The van der Waals surface area contributed by atoms with Gasteiger partial charge < -0.3 is 4.42 Å². The Hall–Kier alpha value is -2.25. The number of fused-ring (bicyclic) bond motifs is 2. The van der Waals surface area contributed by atoms with Crippen molar-refractivity contribution in [1.82, 2.24) is 0 Å². The SMILES string of the molecule is CC(C)c1cc2c(-c3ccc4cccc(Cl)c4c3)cccc2o1. The molecular formula is C21H17ClO. The van der Waals surface area contributed by atoms with Crippen LogP contribution in [0.25, 0.3) is 32.9 Å². The number of hydrogen-bond donors (Lipinski definition) is 0. The summed E-state index contributed by atoms with van der Waals surface area (Å²) in [6.45, 7) is 4.29. The van der Waals surface area contributed by atoms with Crippen LogP contribution in [-0.4, -0.2) is 0 Å². The van der Waals surface area contributed by atoms with E-state index in [0.717, 1.165) is 38.1 Å². The van der Waals surface area contributed by atoms with Crippen LogP contribution in [-0.2, 0) is 0 Å². The van der Waals surface area contributed by atoms with Gasteiger partial charge in [-0.2, -0.15) is 0 Å². The molecule has 114 valence electrons. The van der Waals surface area contributed by atoms with Gasteiger partial charge in [-0.1, -0.05) is 61.8 Å². The molecule has 3 aromatic carbocycles. The molecule has 2 heteroatoms. The Morgan fingerprint density at radius 3 is 2.52 bits per heavy atom. The zero-order chi connectivity index (χ0) is 16.0. The predicted molar refractivity (Wildman–Crippen MR) is 98.3 cm³/mol. The molecule has 0 unspecified atom stereocenters. The van der Waals surface area contributed by atoms with Gasteiger partial charge in [-0.25, -0.2) is 0 Å². The van der Waals surface area contributed by atoms with Crippen LogP contribution >= 0.6 is 11.6 Å². The van der Waals surface area contributed by atoms with Crippen LogP contribution in [0.2, 0.25) is 5.02 Å². The van der Waals surface area contributed by atoms with Crippen LogP contribution in [0, 0.1) is 0 Å². The molecule has 0 bridgehead atoms. The molecule has 0 aliphatic heterocycles. The summed E-state index contributed by atoms with van der Waals surface area (Å²) in [5, 5.41) is 4.17. The van der Waals surface area contributed by atoms with E-state index in [9.17, 15) is 0 Å². The van der Waals surface area contributed by atoms with Crippen LogP contribution in [0.5, 0.6) is 0 Å². The highest BCUT2D eigenvalue weighted by atomic mass is 35.5. The summed E-state index contributed by atoms with van der Waals surface area (Å²) in [6.07, 6.45) is 0. The molecule has 0 fully saturated rings. The van der Waals surface area contributed by atoms with E-state index in [1.54, 1.807) is 0 Å². The molecule has 0 radical (unpaired) electrons. The number of furan rings is 1. The lowest BCUT2D eigenvalue weighted by Gasteiger charge is -2.06. The lowest BCUT2D eigenvalue weighted by molar-refractivity contribution is 0.522. The number of benzene rings is 3. The maximum absolute atomic E-state index is 6.36. The number of hydrogen-bond acceptors (Lipinski definition) is 1. The summed E-state index contributed by atoms with van der Waals surface area (Å²) in [6, 6.07) is 20.8. The molecule has 0 atom stereocenters. The largest absolute Gasteiger partial charge is 0.461 e. The maximum Gasteiger partial charge on any atom is 0.134 e. The van der Waals surface area contributed by atoms with Gasteiger partial charge >= 0.3 is 0 Å². The Morgan fingerprint density at radius 1 is 0.870 bits per heavy atom. The summed E-state index contributed by atoms with van der Waals surface area (Å²) in [4.78, 5) is 0. The third-order valence-electron chi connectivity index (χ3n) is 4.29. The van der Waals surface area contributed by atoms with E-state index < -0.39 is 0 Å². The van der Waals surface area contributed by atoms with Gasteiger partial charge in [0, 0.05) is 21.7 Å². The van der Waals surface area contributed by atoms with Crippen molar-refractivity contribution in [3.8, 4) is 11.1 Å². The fourth-order valence-electron chi connectivity index (χ4n) is 3.02. The van der Waals surface area contributed by atoms with Crippen LogP contribution in [0.4, 0.5) is 0 Å². The Balaban J connectivity index is 1.96. The second-order valence-corrected chi connectivity index (χ2v) is 6.60. The Labute approximate surface area is 140 Å². The molecule has 0 N–H and O–H groups in total. The number of halogens is 1. The predicted octanol–water partition coefficient (Wildman–Crippen LogP) is 7.03. The molecule has 0 aliphatic carbocycles. The Kier molecular flexibility index (Phi) is 3.39. The van der Waals surface area contributed by atoms with Gasteiger partial charge in [0.1, 0.15) is 11.3 Å². The Bertz CT molecular complexity index is 1010. The third-order valence-corrected chi connectivity index (χ3v) is 4.62. The first kappa shape index (κ1) is 14.3. The smallest absolute Gasteiger partial charge is 0.134 e. The summed E-state index contributed by atoms with van der Waals surface area (Å²) in [7, 11) is 0. The molecule has 0 aliphatic rings. The lowest BCUT2D eigenvalue weighted by Crippen LogP contribution is -1.81. The van der Waals surface area contributed by atoms with Crippen molar-refractivity contribution in [3.05, 3.63) is 71.4 Å². The van der Waals surface area contributed by atoms with E-state index in [1.165, 1.54) is 5.56 Å². The van der Waals surface area contributed by atoms with Gasteiger partial charge in [0.2, 0.25) is 0 Å². The molecule has 4 aromatic rings. The molecule has 0 amide bonds. The second kappa shape index (κ2) is 5.43. The molecule has 0 spiro atoms. The molecule has 0 saturated heterocycles. The molecular weight excluding hydrogens is 304 g/mol. The first-order valence-electron chi connectivity index (χ1n) is 7.84. The van der Waals surface area contributed by atoms with E-state index in [2.05, 4.69) is 50.2 Å². The second-order valence-electron chi connectivity index (χ2n) is 6.20. The molecule has 1 heterocycles. The van der Waals surface area contributed by atoms with Crippen molar-refractivity contribution in [1.29, 1.82) is 0 Å². The fraction of sp³-hybridized carbons (Fsp3) is 0.143. The molecule has 1 nitrogen and oxygen atoms in total. The summed E-state index contributed by atoms with van der Waals surface area (Å²) < 4.78 is 5.98. The van der Waals surface area contributed by atoms with Crippen LogP contribution in [0.1, 0.15) is 25.5 Å². The fourth-order valence-corrected chi connectivity index (χ4v) is 3.26. The summed E-state index contributed by atoms with van der Waals surface area (Å²) in [5.41, 5.74) is 3.28. The van der Waals surface area contributed by atoms with E-state index in [1.807, 2.05) is 24.3 Å². The first-order chi connectivity index (χ1) is 11.1. The minimum atomic E-state index is 0.376. The topological polar surface area (TPSA) is 13.1 Å². The van der Waals surface area contributed by atoms with Crippen molar-refractivity contribution in [3.63, 3.8) is 0 Å². The third kappa shape index (κ3) is 2.42. The van der Waals surface area contributed by atoms with Gasteiger partial charge in [-0.05, 0) is 40.8 Å². The zero-order valence-electron chi connectivity index (χ0n) is 13.1. The summed E-state index contributed by atoms with van der Waals surface area (Å²) in [5.74, 6) is 1.40. The minimum Gasteiger partial charge on any atom is -0.461 e. The van der Waals surface area contributed by atoms with Crippen LogP contribution < -0.4 is 0 Å². The van der Waals surface area contributed by atoms with E-state index in [0.29, 0.717) is 5.92 Å². The average Bonchev–Trinajstić information content (AvgIpc) is 2.99. The van der Waals surface area contributed by atoms with Crippen molar-refractivity contribution >= 4 is 33.3 Å². The van der Waals surface area contributed by atoms with Gasteiger partial charge in [0.05, 0.1) is 0 Å². The quantitative estimate of drug-likeness (QED) is 0.386.